The van der Waals surface area contributed by atoms with E-state index in [9.17, 15) is 19.5 Å². The first-order chi connectivity index (χ1) is 8.29. The van der Waals surface area contributed by atoms with Gasteiger partial charge in [-0.05, 0) is 26.7 Å². The second kappa shape index (κ2) is 10.2. The Morgan fingerprint density at radius 2 is 1.58 bits per heavy atom. The zero-order valence-corrected chi connectivity index (χ0v) is 14.0. The molecule has 0 spiro atoms. The van der Waals surface area contributed by atoms with Crippen molar-refractivity contribution in [1.82, 2.24) is 0 Å². The minimum atomic E-state index is -1.30. The Morgan fingerprint density at radius 1 is 1.05 bits per heavy atom. The Kier molecular flexibility index (Phi) is 11.2. The number of hydrogen-bond acceptors (Lipinski definition) is 6. The van der Waals surface area contributed by atoms with Gasteiger partial charge in [0.1, 0.15) is 13.2 Å². The maximum absolute atomic E-state index is 11.5. The van der Waals surface area contributed by atoms with Crippen molar-refractivity contribution in [2.75, 3.05) is 13.2 Å². The first-order valence-electron chi connectivity index (χ1n) is 5.82. The second-order valence-corrected chi connectivity index (χ2v) is 4.47. The molecule has 0 aliphatic rings. The number of rotatable bonds is 8. The van der Waals surface area contributed by atoms with Crippen LogP contribution >= 0.6 is 0 Å². The van der Waals surface area contributed by atoms with Crippen LogP contribution in [0.25, 0.3) is 0 Å². The fourth-order valence-corrected chi connectivity index (χ4v) is 0.906. The quantitative estimate of drug-likeness (QED) is 0.268. The zero-order chi connectivity index (χ0) is 14.2. The predicted molar refractivity (Wildman–Crippen MR) is 60.2 cm³/mol. The zero-order valence-electron chi connectivity index (χ0n) is 12.0. The third-order valence-corrected chi connectivity index (χ3v) is 2.55. The SMILES string of the molecule is CCC(C)(C)C(=O)OCCOC(=O)CCC(=O)[O-].[Na+]. The third-order valence-electron chi connectivity index (χ3n) is 2.55. The Balaban J connectivity index is 0. The molecule has 0 fully saturated rings. The molecule has 0 N–H and O–H groups in total. The summed E-state index contributed by atoms with van der Waals surface area (Å²) in [6.07, 6.45) is 0.0372. The number of carbonyl (C=O) groups is 3. The number of aliphatic carboxylic acids is 1. The van der Waals surface area contributed by atoms with Gasteiger partial charge in [0.2, 0.25) is 0 Å². The van der Waals surface area contributed by atoms with Crippen LogP contribution in [0.5, 0.6) is 0 Å². The van der Waals surface area contributed by atoms with E-state index in [0.717, 1.165) is 0 Å². The molecule has 0 radical (unpaired) electrons. The van der Waals surface area contributed by atoms with Crippen molar-refractivity contribution >= 4 is 17.9 Å². The number of carbonyl (C=O) groups excluding carboxylic acids is 3. The monoisotopic (exact) mass is 282 g/mol. The van der Waals surface area contributed by atoms with Crippen molar-refractivity contribution in [3.63, 3.8) is 0 Å². The summed E-state index contributed by atoms with van der Waals surface area (Å²) in [7, 11) is 0. The van der Waals surface area contributed by atoms with Gasteiger partial charge in [0.25, 0.3) is 0 Å². The summed E-state index contributed by atoms with van der Waals surface area (Å²) in [5.74, 6) is -2.30. The number of hydrogen-bond donors (Lipinski definition) is 0. The number of esters is 2. The van der Waals surface area contributed by atoms with Crippen LogP contribution in [0.4, 0.5) is 0 Å². The standard InChI is InChI=1S/C12H20O6.Na/c1-4-12(2,3)11(16)18-8-7-17-10(15)6-5-9(13)14;/h4-8H2,1-3H3,(H,13,14);/q;+1/p-1. The normalized spacial score (nSPS) is 10.3. The fraction of sp³-hybridized carbons (Fsp3) is 0.750. The van der Waals surface area contributed by atoms with Crippen LogP contribution in [0.2, 0.25) is 0 Å². The summed E-state index contributed by atoms with van der Waals surface area (Å²) in [4.78, 5) is 32.6. The maximum atomic E-state index is 11.5. The van der Waals surface area contributed by atoms with Crippen molar-refractivity contribution in [2.45, 2.75) is 40.0 Å². The summed E-state index contributed by atoms with van der Waals surface area (Å²) >= 11 is 0. The summed E-state index contributed by atoms with van der Waals surface area (Å²) in [6.45, 7) is 5.31. The third kappa shape index (κ3) is 9.92. The molecule has 0 rings (SSSR count). The van der Waals surface area contributed by atoms with Gasteiger partial charge in [0, 0.05) is 5.97 Å². The summed E-state index contributed by atoms with van der Waals surface area (Å²) < 4.78 is 9.61. The van der Waals surface area contributed by atoms with Crippen molar-refractivity contribution in [1.29, 1.82) is 0 Å². The molecule has 104 valence electrons. The Hall–Kier alpha value is -0.590. The molecule has 19 heavy (non-hydrogen) atoms. The number of carboxylic acid groups (broad SMARTS) is 1. The molecule has 0 amide bonds. The molecular formula is C12H19NaO6. The largest absolute Gasteiger partial charge is 1.00 e. The summed E-state index contributed by atoms with van der Waals surface area (Å²) in [5, 5.41) is 10.1. The first-order valence-corrected chi connectivity index (χ1v) is 5.82. The van der Waals surface area contributed by atoms with Crippen LogP contribution < -0.4 is 34.7 Å². The van der Waals surface area contributed by atoms with Gasteiger partial charge in [-0.1, -0.05) is 6.92 Å². The molecule has 7 heteroatoms. The topological polar surface area (TPSA) is 92.7 Å². The van der Waals surface area contributed by atoms with Gasteiger partial charge < -0.3 is 19.4 Å². The van der Waals surface area contributed by atoms with E-state index in [-0.39, 0.29) is 61.6 Å². The Labute approximate surface area is 135 Å². The molecule has 0 aromatic rings. The molecule has 0 atom stereocenters. The Morgan fingerprint density at radius 3 is 2.05 bits per heavy atom. The molecule has 0 saturated heterocycles. The molecule has 0 heterocycles. The minimum Gasteiger partial charge on any atom is -0.550 e. The van der Waals surface area contributed by atoms with Gasteiger partial charge in [-0.3, -0.25) is 9.59 Å². The second-order valence-electron chi connectivity index (χ2n) is 4.47. The van der Waals surface area contributed by atoms with E-state index in [1.807, 2.05) is 6.92 Å². The predicted octanol–water partition coefficient (Wildman–Crippen LogP) is -2.96. The van der Waals surface area contributed by atoms with Crippen molar-refractivity contribution in [2.24, 2.45) is 5.41 Å². The molecule has 6 nitrogen and oxygen atoms in total. The van der Waals surface area contributed by atoms with E-state index in [0.29, 0.717) is 6.42 Å². The minimum absolute atomic E-state index is 0. The van der Waals surface area contributed by atoms with Crippen molar-refractivity contribution < 1.29 is 58.5 Å². The van der Waals surface area contributed by atoms with Crippen LogP contribution in [0.3, 0.4) is 0 Å². The molecule has 0 aliphatic heterocycles. The van der Waals surface area contributed by atoms with Crippen LogP contribution in [-0.4, -0.2) is 31.1 Å². The van der Waals surface area contributed by atoms with Crippen LogP contribution in [0, 0.1) is 5.41 Å². The van der Waals surface area contributed by atoms with Crippen LogP contribution in [0.1, 0.15) is 40.0 Å². The van der Waals surface area contributed by atoms with E-state index >= 15 is 0 Å². The summed E-state index contributed by atoms with van der Waals surface area (Å²) in [6, 6.07) is 0. The number of carboxylic acids is 1. The average Bonchev–Trinajstić information content (AvgIpc) is 2.31. The molecule has 0 aromatic carbocycles. The molecule has 0 unspecified atom stereocenters. The smallest absolute Gasteiger partial charge is 0.550 e. The van der Waals surface area contributed by atoms with Gasteiger partial charge in [-0.25, -0.2) is 0 Å². The summed E-state index contributed by atoms with van der Waals surface area (Å²) in [5.41, 5.74) is -0.557. The average molecular weight is 282 g/mol. The van der Waals surface area contributed by atoms with Crippen LogP contribution in [-0.2, 0) is 23.9 Å². The van der Waals surface area contributed by atoms with Crippen LogP contribution in [0.15, 0.2) is 0 Å². The molecule has 0 bridgehead atoms. The van der Waals surface area contributed by atoms with Gasteiger partial charge >= 0.3 is 41.5 Å². The van der Waals surface area contributed by atoms with Gasteiger partial charge in [0.05, 0.1) is 11.8 Å². The van der Waals surface area contributed by atoms with Crippen molar-refractivity contribution in [3.05, 3.63) is 0 Å². The molecular weight excluding hydrogens is 263 g/mol. The van der Waals surface area contributed by atoms with Crippen molar-refractivity contribution in [3.8, 4) is 0 Å². The van der Waals surface area contributed by atoms with E-state index in [2.05, 4.69) is 4.74 Å². The maximum Gasteiger partial charge on any atom is 1.00 e. The molecule has 0 aliphatic carbocycles. The Bertz CT molecular complexity index is 313. The van der Waals surface area contributed by atoms with Gasteiger partial charge in [-0.2, -0.15) is 0 Å². The molecule has 0 saturated carbocycles. The number of ether oxygens (including phenoxy) is 2. The van der Waals surface area contributed by atoms with Gasteiger partial charge in [-0.15, -0.1) is 0 Å². The van der Waals surface area contributed by atoms with E-state index in [4.69, 9.17) is 4.74 Å². The van der Waals surface area contributed by atoms with E-state index < -0.39 is 17.4 Å². The van der Waals surface area contributed by atoms with E-state index in [1.165, 1.54) is 0 Å². The fourth-order valence-electron chi connectivity index (χ4n) is 0.906. The van der Waals surface area contributed by atoms with E-state index in [1.54, 1.807) is 13.8 Å². The molecule has 0 aromatic heterocycles. The van der Waals surface area contributed by atoms with Gasteiger partial charge in [0.15, 0.2) is 0 Å². The first kappa shape index (κ1) is 20.7.